The number of rotatable bonds is 7. The van der Waals surface area contributed by atoms with E-state index >= 15 is 0 Å². The molecule has 142 valence electrons. The summed E-state index contributed by atoms with van der Waals surface area (Å²) in [6.07, 6.45) is 14.0. The number of aromatic amines is 1. The molecule has 27 heavy (non-hydrogen) atoms. The van der Waals surface area contributed by atoms with E-state index in [0.29, 0.717) is 0 Å². The first-order chi connectivity index (χ1) is 13.2. The summed E-state index contributed by atoms with van der Waals surface area (Å²) in [4.78, 5) is 2.34. The Bertz CT molecular complexity index is 861. The first-order valence-corrected chi connectivity index (χ1v) is 10.7. The van der Waals surface area contributed by atoms with Gasteiger partial charge in [-0.15, -0.1) is 0 Å². The van der Waals surface area contributed by atoms with Crippen molar-refractivity contribution in [3.63, 3.8) is 0 Å². The predicted molar refractivity (Wildman–Crippen MR) is 114 cm³/mol. The molecule has 0 aliphatic carbocycles. The van der Waals surface area contributed by atoms with Crippen LogP contribution in [0.3, 0.4) is 0 Å². The van der Waals surface area contributed by atoms with Gasteiger partial charge in [-0.05, 0) is 37.5 Å². The van der Waals surface area contributed by atoms with E-state index in [9.17, 15) is 4.21 Å². The quantitative estimate of drug-likeness (QED) is 0.716. The largest absolute Gasteiger partial charge is 0.370 e. The summed E-state index contributed by atoms with van der Waals surface area (Å²) in [5.74, 6) is 0. The van der Waals surface area contributed by atoms with E-state index in [1.165, 1.54) is 12.8 Å². The number of hydrogen-bond acceptors (Lipinski definition) is 3. The van der Waals surface area contributed by atoms with Crippen LogP contribution in [-0.4, -0.2) is 38.7 Å². The van der Waals surface area contributed by atoms with Crippen molar-refractivity contribution in [1.29, 1.82) is 0 Å². The molecule has 2 N–H and O–H groups in total. The predicted octanol–water partition coefficient (Wildman–Crippen LogP) is 3.80. The highest BCUT2D eigenvalue weighted by Crippen LogP contribution is 2.23. The molecule has 0 saturated carbocycles. The van der Waals surface area contributed by atoms with Gasteiger partial charge < -0.3 is 9.62 Å². The third-order valence-corrected chi connectivity index (χ3v) is 5.00. The summed E-state index contributed by atoms with van der Waals surface area (Å²) in [7, 11) is -1.15. The zero-order chi connectivity index (χ0) is 19.1. The Morgan fingerprint density at radius 3 is 2.63 bits per heavy atom. The van der Waals surface area contributed by atoms with E-state index in [1.54, 1.807) is 12.5 Å². The van der Waals surface area contributed by atoms with Gasteiger partial charge in [-0.25, -0.2) is 4.21 Å². The van der Waals surface area contributed by atoms with Crippen molar-refractivity contribution < 1.29 is 4.21 Å². The second-order valence-corrected chi connectivity index (χ2v) is 7.58. The van der Waals surface area contributed by atoms with E-state index in [0.717, 1.165) is 41.3 Å². The van der Waals surface area contributed by atoms with Crippen LogP contribution in [-0.2, 0) is 11.0 Å². The molecule has 0 radical (unpaired) electrons. The minimum Gasteiger partial charge on any atom is -0.370 e. The smallest absolute Gasteiger partial charge is 0.114 e. The Balaban J connectivity index is 1.90. The minimum atomic E-state index is -1.15. The normalized spacial score (nSPS) is 16.9. The number of likely N-dealkylation sites (tertiary alicyclic amines) is 1. The van der Waals surface area contributed by atoms with E-state index < -0.39 is 11.0 Å². The fourth-order valence-corrected chi connectivity index (χ4v) is 3.70. The van der Waals surface area contributed by atoms with Gasteiger partial charge in [0.25, 0.3) is 0 Å². The van der Waals surface area contributed by atoms with Gasteiger partial charge in [0, 0.05) is 24.9 Å². The van der Waals surface area contributed by atoms with Crippen molar-refractivity contribution in [3.8, 4) is 0 Å². The highest BCUT2D eigenvalue weighted by atomic mass is 32.2. The molecule has 1 aliphatic heterocycles. The molecule has 2 aromatic rings. The number of H-pyrrole nitrogens is 1. The molecular formula is C21H26N4OS. The molecule has 0 amide bonds. The van der Waals surface area contributed by atoms with Gasteiger partial charge in [-0.2, -0.15) is 5.10 Å². The molecule has 1 aliphatic rings. The minimum absolute atomic E-state index is 0.857. The summed E-state index contributed by atoms with van der Waals surface area (Å²) in [5.41, 5.74) is 4.93. The maximum Gasteiger partial charge on any atom is 0.114 e. The van der Waals surface area contributed by atoms with E-state index in [1.807, 2.05) is 43.4 Å². The number of nitrogens with zero attached hydrogens (tertiary/aromatic N) is 2. The highest BCUT2D eigenvalue weighted by molar-refractivity contribution is 7.82. The highest BCUT2D eigenvalue weighted by Gasteiger charge is 2.18. The SMILES string of the molecule is C/C=C(\C(=C/c1cn[nH]c1/C=C/c1ccccc1)NS(C)=O)N1CCCC1. The van der Waals surface area contributed by atoms with Crippen LogP contribution < -0.4 is 4.72 Å². The Morgan fingerprint density at radius 2 is 1.96 bits per heavy atom. The van der Waals surface area contributed by atoms with Crippen LogP contribution >= 0.6 is 0 Å². The lowest BCUT2D eigenvalue weighted by atomic mass is 10.1. The molecule has 0 bridgehead atoms. The van der Waals surface area contributed by atoms with Gasteiger partial charge in [0.2, 0.25) is 0 Å². The third kappa shape index (κ3) is 5.20. The first-order valence-electron chi connectivity index (χ1n) is 9.17. The van der Waals surface area contributed by atoms with Crippen LogP contribution in [0.5, 0.6) is 0 Å². The maximum atomic E-state index is 11.9. The molecule has 5 nitrogen and oxygen atoms in total. The second kappa shape index (κ2) is 9.37. The topological polar surface area (TPSA) is 61.0 Å². The molecule has 1 saturated heterocycles. The van der Waals surface area contributed by atoms with Crippen molar-refractivity contribution in [2.24, 2.45) is 0 Å². The molecular weight excluding hydrogens is 356 g/mol. The van der Waals surface area contributed by atoms with E-state index in [-0.39, 0.29) is 0 Å². The van der Waals surface area contributed by atoms with Crippen molar-refractivity contribution in [2.45, 2.75) is 19.8 Å². The summed E-state index contributed by atoms with van der Waals surface area (Å²) < 4.78 is 15.0. The third-order valence-electron chi connectivity index (χ3n) is 4.49. The Labute approximate surface area is 163 Å². The van der Waals surface area contributed by atoms with Crippen molar-refractivity contribution >= 4 is 29.2 Å². The van der Waals surface area contributed by atoms with Crippen LogP contribution in [0, 0.1) is 0 Å². The monoisotopic (exact) mass is 382 g/mol. The Hall–Kier alpha value is -2.60. The second-order valence-electron chi connectivity index (χ2n) is 6.47. The average molecular weight is 383 g/mol. The van der Waals surface area contributed by atoms with Crippen LogP contribution in [0.25, 0.3) is 18.2 Å². The molecule has 0 spiro atoms. The van der Waals surface area contributed by atoms with Gasteiger partial charge in [-0.1, -0.05) is 42.5 Å². The Kier molecular flexibility index (Phi) is 6.65. The zero-order valence-corrected chi connectivity index (χ0v) is 16.6. The number of nitrogens with one attached hydrogen (secondary N) is 2. The van der Waals surface area contributed by atoms with E-state index in [4.69, 9.17) is 0 Å². The van der Waals surface area contributed by atoms with Crippen LogP contribution in [0.15, 0.2) is 54.0 Å². The summed E-state index contributed by atoms with van der Waals surface area (Å²) in [5, 5.41) is 7.23. The molecule has 1 fully saturated rings. The van der Waals surface area contributed by atoms with Crippen LogP contribution in [0.1, 0.15) is 36.6 Å². The van der Waals surface area contributed by atoms with Gasteiger partial charge in [-0.3, -0.25) is 5.10 Å². The lowest BCUT2D eigenvalue weighted by molar-refractivity contribution is 0.431. The fraction of sp³-hybridized carbons (Fsp3) is 0.286. The summed E-state index contributed by atoms with van der Waals surface area (Å²) in [6.45, 7) is 4.08. The lowest BCUT2D eigenvalue weighted by Crippen LogP contribution is -2.27. The van der Waals surface area contributed by atoms with Crippen LogP contribution in [0.4, 0.5) is 0 Å². The molecule has 6 heteroatoms. The van der Waals surface area contributed by atoms with Crippen molar-refractivity contribution in [3.05, 3.63) is 70.8 Å². The number of aromatic nitrogens is 2. The molecule has 1 aromatic heterocycles. The summed E-state index contributed by atoms with van der Waals surface area (Å²) >= 11 is 0. The molecule has 1 aromatic carbocycles. The molecule has 1 atom stereocenters. The number of allylic oxidation sites excluding steroid dienone is 1. The molecule has 3 rings (SSSR count). The standard InChI is InChI=1S/C21H26N4OS/c1-3-21(25-13-7-8-14-25)20(24-27(2)26)15-18-16-22-23-19(18)12-11-17-9-5-4-6-10-17/h3-6,9-12,15-16,24H,7-8,13-14H2,1-2H3,(H,22,23)/b12-11+,20-15+,21-3+. The first kappa shape index (κ1) is 19.2. The number of benzene rings is 1. The molecule has 2 heterocycles. The number of hydrogen-bond donors (Lipinski definition) is 2. The Morgan fingerprint density at radius 1 is 1.22 bits per heavy atom. The van der Waals surface area contributed by atoms with Crippen LogP contribution in [0.2, 0.25) is 0 Å². The van der Waals surface area contributed by atoms with Gasteiger partial charge in [0.05, 0.1) is 23.3 Å². The maximum absolute atomic E-state index is 11.9. The van der Waals surface area contributed by atoms with Gasteiger partial charge >= 0.3 is 0 Å². The fourth-order valence-electron chi connectivity index (χ4n) is 3.23. The van der Waals surface area contributed by atoms with Crippen molar-refractivity contribution in [1.82, 2.24) is 19.8 Å². The zero-order valence-electron chi connectivity index (χ0n) is 15.8. The van der Waals surface area contributed by atoms with E-state index in [2.05, 4.69) is 38.0 Å². The van der Waals surface area contributed by atoms with Gasteiger partial charge in [0.1, 0.15) is 11.0 Å². The average Bonchev–Trinajstić information content (AvgIpc) is 3.33. The lowest BCUT2D eigenvalue weighted by Gasteiger charge is -2.24. The summed E-state index contributed by atoms with van der Waals surface area (Å²) in [6, 6.07) is 10.1. The van der Waals surface area contributed by atoms with Gasteiger partial charge in [0.15, 0.2) is 0 Å². The molecule has 1 unspecified atom stereocenters. The van der Waals surface area contributed by atoms with Crippen molar-refractivity contribution in [2.75, 3.05) is 19.3 Å².